The van der Waals surface area contributed by atoms with Gasteiger partial charge in [-0.1, -0.05) is 73.7 Å². The van der Waals surface area contributed by atoms with E-state index in [0.29, 0.717) is 6.54 Å². The normalized spacial score (nSPS) is 12.2. The number of nitrogens with zero attached hydrogens (tertiary/aromatic N) is 2. The number of nitrogens with one attached hydrogen (secondary N) is 2. The SMILES string of the molecule is CC/C(=C(/c1ccc(CCCNC/C=C/C(=O)N(C)C)cc1)c1ccc2[nH]ncc2c1)c1ccccc1. The van der Waals surface area contributed by atoms with Gasteiger partial charge in [0.25, 0.3) is 0 Å². The second-order valence-corrected chi connectivity index (χ2v) is 9.38. The molecule has 1 aromatic heterocycles. The number of aryl methyl sites for hydroxylation is 1. The Hall–Kier alpha value is -3.96. The molecule has 0 atom stereocenters. The van der Waals surface area contributed by atoms with Gasteiger partial charge in [-0.05, 0) is 71.3 Å². The van der Waals surface area contributed by atoms with Crippen LogP contribution in [-0.2, 0) is 11.2 Å². The summed E-state index contributed by atoms with van der Waals surface area (Å²) in [7, 11) is 3.51. The molecule has 5 heteroatoms. The van der Waals surface area contributed by atoms with Crippen molar-refractivity contribution in [1.29, 1.82) is 0 Å². The molecule has 190 valence electrons. The van der Waals surface area contributed by atoms with Gasteiger partial charge in [0.15, 0.2) is 0 Å². The molecule has 0 saturated carbocycles. The van der Waals surface area contributed by atoms with Crippen molar-refractivity contribution in [3.8, 4) is 0 Å². The summed E-state index contributed by atoms with van der Waals surface area (Å²) in [5.41, 5.74) is 8.65. The molecule has 0 aliphatic carbocycles. The smallest absolute Gasteiger partial charge is 0.245 e. The number of aromatic amines is 1. The Balaban J connectivity index is 1.50. The lowest BCUT2D eigenvalue weighted by Gasteiger charge is -2.17. The van der Waals surface area contributed by atoms with Crippen LogP contribution < -0.4 is 5.32 Å². The number of rotatable bonds is 11. The summed E-state index contributed by atoms with van der Waals surface area (Å²) in [5.74, 6) is 0.0125. The minimum Gasteiger partial charge on any atom is -0.345 e. The maximum atomic E-state index is 11.6. The van der Waals surface area contributed by atoms with Crippen molar-refractivity contribution in [1.82, 2.24) is 20.4 Å². The summed E-state index contributed by atoms with van der Waals surface area (Å²) in [6, 6.07) is 26.2. The van der Waals surface area contributed by atoms with E-state index in [0.717, 1.165) is 36.7 Å². The largest absolute Gasteiger partial charge is 0.345 e. The summed E-state index contributed by atoms with van der Waals surface area (Å²) >= 11 is 0. The highest BCUT2D eigenvalue weighted by molar-refractivity contribution is 6.00. The van der Waals surface area contributed by atoms with E-state index < -0.39 is 0 Å². The number of aromatic nitrogens is 2. The van der Waals surface area contributed by atoms with E-state index >= 15 is 0 Å². The Bertz CT molecular complexity index is 1360. The average molecular weight is 493 g/mol. The van der Waals surface area contributed by atoms with E-state index in [-0.39, 0.29) is 5.91 Å². The van der Waals surface area contributed by atoms with Crippen LogP contribution in [0.25, 0.3) is 22.0 Å². The minimum absolute atomic E-state index is 0.0125. The highest BCUT2D eigenvalue weighted by Gasteiger charge is 2.14. The minimum atomic E-state index is 0.0125. The highest BCUT2D eigenvalue weighted by Crippen LogP contribution is 2.35. The molecule has 37 heavy (non-hydrogen) atoms. The van der Waals surface area contributed by atoms with Gasteiger partial charge >= 0.3 is 0 Å². The van der Waals surface area contributed by atoms with Gasteiger partial charge in [-0.25, -0.2) is 0 Å². The van der Waals surface area contributed by atoms with Gasteiger partial charge in [0.2, 0.25) is 5.91 Å². The summed E-state index contributed by atoms with van der Waals surface area (Å²) in [4.78, 5) is 13.1. The van der Waals surface area contributed by atoms with Crippen LogP contribution in [-0.4, -0.2) is 48.2 Å². The second-order valence-electron chi connectivity index (χ2n) is 9.38. The zero-order valence-corrected chi connectivity index (χ0v) is 22.0. The third-order valence-electron chi connectivity index (χ3n) is 6.53. The number of carbonyl (C=O) groups is 1. The van der Waals surface area contributed by atoms with Crippen molar-refractivity contribution >= 4 is 28.0 Å². The zero-order chi connectivity index (χ0) is 26.0. The molecule has 0 spiro atoms. The molecule has 3 aromatic carbocycles. The fourth-order valence-electron chi connectivity index (χ4n) is 4.53. The van der Waals surface area contributed by atoms with Gasteiger partial charge in [0.1, 0.15) is 0 Å². The molecule has 0 bridgehead atoms. The lowest BCUT2D eigenvalue weighted by molar-refractivity contribution is -0.123. The second kappa shape index (κ2) is 12.8. The van der Waals surface area contributed by atoms with Gasteiger partial charge in [0.05, 0.1) is 11.7 Å². The van der Waals surface area contributed by atoms with E-state index in [1.54, 1.807) is 25.1 Å². The molecule has 0 saturated heterocycles. The van der Waals surface area contributed by atoms with Crippen molar-refractivity contribution in [2.75, 3.05) is 27.2 Å². The maximum Gasteiger partial charge on any atom is 0.245 e. The number of carbonyl (C=O) groups excluding carboxylic acids is 1. The first kappa shape index (κ1) is 26.1. The summed E-state index contributed by atoms with van der Waals surface area (Å²) in [5, 5.41) is 11.8. The summed E-state index contributed by atoms with van der Waals surface area (Å²) in [6.45, 7) is 3.84. The molecule has 1 amide bonds. The molecule has 1 heterocycles. The third-order valence-corrected chi connectivity index (χ3v) is 6.53. The topological polar surface area (TPSA) is 61.0 Å². The average Bonchev–Trinajstić information content (AvgIpc) is 3.40. The first-order valence-corrected chi connectivity index (χ1v) is 13.0. The van der Waals surface area contributed by atoms with Crippen molar-refractivity contribution in [2.24, 2.45) is 0 Å². The Morgan fingerprint density at radius 1 is 0.973 bits per heavy atom. The fraction of sp³-hybridized carbons (Fsp3) is 0.250. The van der Waals surface area contributed by atoms with Gasteiger partial charge in [-0.3, -0.25) is 9.89 Å². The molecule has 5 nitrogen and oxygen atoms in total. The number of hydrogen-bond donors (Lipinski definition) is 2. The predicted molar refractivity (Wildman–Crippen MR) is 154 cm³/mol. The van der Waals surface area contributed by atoms with Crippen LogP contribution in [0.1, 0.15) is 42.0 Å². The maximum absolute atomic E-state index is 11.6. The molecule has 2 N–H and O–H groups in total. The number of fused-ring (bicyclic) bond motifs is 1. The van der Waals surface area contributed by atoms with Crippen molar-refractivity contribution in [3.63, 3.8) is 0 Å². The van der Waals surface area contributed by atoms with Crippen molar-refractivity contribution in [3.05, 3.63) is 113 Å². The molecular formula is C32H36N4O. The van der Waals surface area contributed by atoms with Crippen molar-refractivity contribution < 1.29 is 4.79 Å². The van der Waals surface area contributed by atoms with E-state index in [1.807, 2.05) is 12.3 Å². The van der Waals surface area contributed by atoms with Gasteiger partial charge in [-0.15, -0.1) is 0 Å². The Kier molecular flexibility index (Phi) is 9.06. The Morgan fingerprint density at radius 2 is 1.73 bits per heavy atom. The third kappa shape index (κ3) is 6.83. The van der Waals surface area contributed by atoms with Gasteiger partial charge in [0, 0.05) is 32.1 Å². The van der Waals surface area contributed by atoms with Crippen LogP contribution in [0.4, 0.5) is 0 Å². The van der Waals surface area contributed by atoms with E-state index in [9.17, 15) is 4.79 Å². The first-order valence-electron chi connectivity index (χ1n) is 13.0. The number of H-pyrrole nitrogens is 1. The number of likely N-dealkylation sites (N-methyl/N-ethyl adjacent to an activating group) is 1. The molecule has 0 aliphatic heterocycles. The molecule has 4 aromatic rings. The monoisotopic (exact) mass is 492 g/mol. The van der Waals surface area contributed by atoms with Crippen LogP contribution in [0.5, 0.6) is 0 Å². The fourth-order valence-corrected chi connectivity index (χ4v) is 4.53. The van der Waals surface area contributed by atoms with Crippen molar-refractivity contribution in [2.45, 2.75) is 26.2 Å². The highest BCUT2D eigenvalue weighted by atomic mass is 16.2. The summed E-state index contributed by atoms with van der Waals surface area (Å²) in [6.07, 6.45) is 8.36. The van der Waals surface area contributed by atoms with E-state index in [1.165, 1.54) is 33.4 Å². The van der Waals surface area contributed by atoms with Crippen LogP contribution in [0.3, 0.4) is 0 Å². The Morgan fingerprint density at radius 3 is 2.46 bits per heavy atom. The first-order chi connectivity index (χ1) is 18.1. The molecule has 0 unspecified atom stereocenters. The molecular weight excluding hydrogens is 456 g/mol. The molecule has 0 aliphatic rings. The van der Waals surface area contributed by atoms with Crippen LogP contribution >= 0.6 is 0 Å². The summed E-state index contributed by atoms with van der Waals surface area (Å²) < 4.78 is 0. The zero-order valence-electron chi connectivity index (χ0n) is 22.0. The predicted octanol–water partition coefficient (Wildman–Crippen LogP) is 6.10. The number of amides is 1. The molecule has 4 rings (SSSR count). The number of benzene rings is 3. The standard InChI is InChI=1S/C32H36N4O/c1-4-29(25-11-6-5-7-12-25)32(27-18-19-30-28(22-27)23-34-35-30)26-16-14-24(15-17-26)10-8-20-33-21-9-13-31(37)36(2)3/h5-7,9,11-19,22-23,33H,4,8,10,20-21H2,1-3H3,(H,34,35)/b13-9+,32-29+. The van der Waals surface area contributed by atoms with E-state index in [4.69, 9.17) is 0 Å². The van der Waals surface area contributed by atoms with Crippen LogP contribution in [0, 0.1) is 0 Å². The lowest BCUT2D eigenvalue weighted by Crippen LogP contribution is -2.20. The van der Waals surface area contributed by atoms with Crippen LogP contribution in [0.15, 0.2) is 91.1 Å². The number of hydrogen-bond acceptors (Lipinski definition) is 3. The molecule has 0 fully saturated rings. The van der Waals surface area contributed by atoms with Gasteiger partial charge in [-0.2, -0.15) is 5.10 Å². The van der Waals surface area contributed by atoms with Crippen LogP contribution in [0.2, 0.25) is 0 Å². The molecule has 0 radical (unpaired) electrons. The Labute approximate surface area is 219 Å². The number of allylic oxidation sites excluding steroid dienone is 1. The lowest BCUT2D eigenvalue weighted by atomic mass is 9.87. The van der Waals surface area contributed by atoms with Gasteiger partial charge < -0.3 is 10.2 Å². The van der Waals surface area contributed by atoms with E-state index in [2.05, 4.69) is 95.2 Å². The quantitative estimate of drug-likeness (QED) is 0.151.